The average molecular weight is 310 g/mol. The van der Waals surface area contributed by atoms with Crippen molar-refractivity contribution in [2.75, 3.05) is 20.3 Å². The largest absolute Gasteiger partial charge is 0.486 e. The Kier molecular flexibility index (Phi) is 3.15. The Morgan fingerprint density at radius 1 is 1.13 bits per heavy atom. The first-order valence-electron chi connectivity index (χ1n) is 7.22. The monoisotopic (exact) mass is 310 g/mol. The lowest BCUT2D eigenvalue weighted by Gasteiger charge is -2.18. The zero-order valence-corrected chi connectivity index (χ0v) is 12.5. The first-order valence-corrected chi connectivity index (χ1v) is 7.22. The van der Waals surface area contributed by atoms with Gasteiger partial charge in [0.2, 0.25) is 0 Å². The molecule has 0 bridgehead atoms. The van der Waals surface area contributed by atoms with Crippen molar-refractivity contribution < 1.29 is 19.0 Å². The molecule has 1 aliphatic heterocycles. The number of hydrogen-bond acceptors (Lipinski definition) is 5. The van der Waals surface area contributed by atoms with E-state index < -0.39 is 0 Å². The highest BCUT2D eigenvalue weighted by molar-refractivity contribution is 5.89. The second kappa shape index (κ2) is 5.31. The Morgan fingerprint density at radius 2 is 1.96 bits per heavy atom. The van der Waals surface area contributed by atoms with E-state index in [4.69, 9.17) is 14.2 Å². The van der Waals surface area contributed by atoms with Gasteiger partial charge in [-0.1, -0.05) is 0 Å². The summed E-state index contributed by atoms with van der Waals surface area (Å²) in [6.45, 7) is 1.11. The van der Waals surface area contributed by atoms with E-state index in [1.807, 2.05) is 24.4 Å². The smallest absolute Gasteiger partial charge is 0.339 e. The summed E-state index contributed by atoms with van der Waals surface area (Å²) < 4.78 is 17.7. The van der Waals surface area contributed by atoms with Crippen LogP contribution in [0, 0.1) is 0 Å². The molecule has 0 N–H and O–H groups in total. The zero-order valence-electron chi connectivity index (χ0n) is 12.5. The molecule has 0 radical (unpaired) electrons. The normalized spacial score (nSPS) is 13.1. The molecule has 116 valence electrons. The number of pyridine rings is 1. The second-order valence-electron chi connectivity index (χ2n) is 5.16. The summed E-state index contributed by atoms with van der Waals surface area (Å²) in [5.74, 6) is 1.10. The van der Waals surface area contributed by atoms with Crippen molar-refractivity contribution in [1.82, 2.24) is 9.38 Å². The predicted octanol–water partition coefficient (Wildman–Crippen LogP) is 2.56. The molecule has 4 rings (SSSR count). The Bertz CT molecular complexity index is 901. The van der Waals surface area contributed by atoms with E-state index in [1.54, 1.807) is 22.7 Å². The fourth-order valence-corrected chi connectivity index (χ4v) is 2.57. The van der Waals surface area contributed by atoms with Crippen molar-refractivity contribution in [3.05, 3.63) is 48.3 Å². The van der Waals surface area contributed by atoms with E-state index in [9.17, 15) is 4.79 Å². The molecular weight excluding hydrogens is 296 g/mol. The van der Waals surface area contributed by atoms with Crippen LogP contribution in [0.3, 0.4) is 0 Å². The van der Waals surface area contributed by atoms with E-state index in [-0.39, 0.29) is 5.97 Å². The van der Waals surface area contributed by atoms with Gasteiger partial charge in [0.15, 0.2) is 11.5 Å². The lowest BCUT2D eigenvalue weighted by atomic mass is 10.1. The predicted molar refractivity (Wildman–Crippen MR) is 83.0 cm³/mol. The standard InChI is InChI=1S/C17H14N2O4/c1-21-17(20)12-3-5-16-18-13(10-19(16)9-12)11-2-4-14-15(8-11)23-7-6-22-14/h2-5,8-10H,6-7H2,1H3. The minimum atomic E-state index is -0.374. The molecule has 0 unspecified atom stereocenters. The van der Waals surface area contributed by atoms with Crippen molar-refractivity contribution in [2.45, 2.75) is 0 Å². The molecule has 6 nitrogen and oxygen atoms in total. The van der Waals surface area contributed by atoms with Gasteiger partial charge in [-0.2, -0.15) is 0 Å². The maximum Gasteiger partial charge on any atom is 0.339 e. The second-order valence-corrected chi connectivity index (χ2v) is 5.16. The SMILES string of the molecule is COC(=O)c1ccc2nc(-c3ccc4c(c3)OCCO4)cn2c1. The molecule has 2 aromatic heterocycles. The Labute approximate surface area is 132 Å². The lowest BCUT2D eigenvalue weighted by Crippen LogP contribution is -2.15. The van der Waals surface area contributed by atoms with Crippen molar-refractivity contribution in [1.29, 1.82) is 0 Å². The summed E-state index contributed by atoms with van der Waals surface area (Å²) in [5.41, 5.74) is 2.95. The number of imidazole rings is 1. The molecule has 23 heavy (non-hydrogen) atoms. The van der Waals surface area contributed by atoms with Gasteiger partial charge in [0.25, 0.3) is 0 Å². The number of hydrogen-bond donors (Lipinski definition) is 0. The Morgan fingerprint density at radius 3 is 2.78 bits per heavy atom. The summed E-state index contributed by atoms with van der Waals surface area (Å²) in [6, 6.07) is 9.22. The van der Waals surface area contributed by atoms with Gasteiger partial charge in [0.05, 0.1) is 18.4 Å². The molecule has 1 aromatic carbocycles. The quantitative estimate of drug-likeness (QED) is 0.681. The highest BCUT2D eigenvalue weighted by Crippen LogP contribution is 2.34. The Balaban J connectivity index is 1.75. The van der Waals surface area contributed by atoms with Crippen LogP contribution in [0.2, 0.25) is 0 Å². The number of ether oxygens (including phenoxy) is 3. The van der Waals surface area contributed by atoms with Crippen LogP contribution in [0.1, 0.15) is 10.4 Å². The van der Waals surface area contributed by atoms with Crippen molar-refractivity contribution in [3.8, 4) is 22.8 Å². The third-order valence-electron chi connectivity index (χ3n) is 3.71. The highest BCUT2D eigenvalue weighted by atomic mass is 16.6. The van der Waals surface area contributed by atoms with Crippen molar-refractivity contribution in [3.63, 3.8) is 0 Å². The van der Waals surface area contributed by atoms with Gasteiger partial charge in [-0.15, -0.1) is 0 Å². The Hall–Kier alpha value is -3.02. The van der Waals surface area contributed by atoms with E-state index in [0.717, 1.165) is 28.4 Å². The molecule has 0 saturated heterocycles. The fourth-order valence-electron chi connectivity index (χ4n) is 2.57. The van der Waals surface area contributed by atoms with Gasteiger partial charge in [-0.25, -0.2) is 9.78 Å². The molecule has 3 aromatic rings. The number of fused-ring (bicyclic) bond motifs is 2. The number of aromatic nitrogens is 2. The maximum absolute atomic E-state index is 11.6. The summed E-state index contributed by atoms with van der Waals surface area (Å²) >= 11 is 0. The number of rotatable bonds is 2. The number of benzene rings is 1. The van der Waals surface area contributed by atoms with Crippen LogP contribution in [-0.2, 0) is 4.74 Å². The lowest BCUT2D eigenvalue weighted by molar-refractivity contribution is 0.0600. The van der Waals surface area contributed by atoms with Gasteiger partial charge >= 0.3 is 5.97 Å². The van der Waals surface area contributed by atoms with E-state index in [0.29, 0.717) is 18.8 Å². The number of methoxy groups -OCH3 is 1. The summed E-state index contributed by atoms with van der Waals surface area (Å²) in [4.78, 5) is 16.2. The number of esters is 1. The molecule has 1 aliphatic rings. The van der Waals surface area contributed by atoms with Crippen molar-refractivity contribution >= 4 is 11.6 Å². The summed E-state index contributed by atoms with van der Waals surface area (Å²) in [6.07, 6.45) is 3.57. The van der Waals surface area contributed by atoms with Crippen LogP contribution in [0.4, 0.5) is 0 Å². The summed E-state index contributed by atoms with van der Waals surface area (Å²) in [7, 11) is 1.36. The number of nitrogens with zero attached hydrogens (tertiary/aromatic N) is 2. The topological polar surface area (TPSA) is 62.1 Å². The fraction of sp³-hybridized carbons (Fsp3) is 0.176. The van der Waals surface area contributed by atoms with E-state index >= 15 is 0 Å². The molecular formula is C17H14N2O4. The van der Waals surface area contributed by atoms with Gasteiger partial charge in [0.1, 0.15) is 18.9 Å². The first-order chi connectivity index (χ1) is 11.2. The average Bonchev–Trinajstić information content (AvgIpc) is 3.03. The van der Waals surface area contributed by atoms with Gasteiger partial charge < -0.3 is 18.6 Å². The molecule has 0 atom stereocenters. The van der Waals surface area contributed by atoms with Crippen LogP contribution in [0.5, 0.6) is 11.5 Å². The molecule has 0 saturated carbocycles. The van der Waals surface area contributed by atoms with Crippen molar-refractivity contribution in [2.24, 2.45) is 0 Å². The first kappa shape index (κ1) is 13.6. The van der Waals surface area contributed by atoms with Gasteiger partial charge in [-0.05, 0) is 30.3 Å². The third-order valence-corrected chi connectivity index (χ3v) is 3.71. The molecule has 0 amide bonds. The van der Waals surface area contributed by atoms with Gasteiger partial charge in [-0.3, -0.25) is 0 Å². The van der Waals surface area contributed by atoms with Crippen LogP contribution >= 0.6 is 0 Å². The molecule has 0 fully saturated rings. The highest BCUT2D eigenvalue weighted by Gasteiger charge is 2.14. The molecule has 6 heteroatoms. The molecule has 3 heterocycles. The van der Waals surface area contributed by atoms with Crippen LogP contribution in [-0.4, -0.2) is 35.7 Å². The third kappa shape index (κ3) is 2.38. The number of carbonyl (C=O) groups excluding carboxylic acids is 1. The maximum atomic E-state index is 11.6. The van der Waals surface area contributed by atoms with Crippen LogP contribution in [0.25, 0.3) is 16.9 Å². The minimum absolute atomic E-state index is 0.374. The molecule has 0 spiro atoms. The molecule has 0 aliphatic carbocycles. The van der Waals surface area contributed by atoms with E-state index in [1.165, 1.54) is 7.11 Å². The zero-order chi connectivity index (χ0) is 15.8. The minimum Gasteiger partial charge on any atom is -0.486 e. The van der Waals surface area contributed by atoms with Crippen LogP contribution < -0.4 is 9.47 Å². The summed E-state index contributed by atoms with van der Waals surface area (Å²) in [5, 5.41) is 0. The van der Waals surface area contributed by atoms with Gasteiger partial charge in [0, 0.05) is 18.0 Å². The number of carbonyl (C=O) groups is 1. The van der Waals surface area contributed by atoms with Crippen LogP contribution in [0.15, 0.2) is 42.7 Å². The van der Waals surface area contributed by atoms with E-state index in [2.05, 4.69) is 4.98 Å².